The number of amides is 1. The van der Waals surface area contributed by atoms with E-state index in [0.717, 1.165) is 21.7 Å². The van der Waals surface area contributed by atoms with Gasteiger partial charge < -0.3 is 14.8 Å². The highest BCUT2D eigenvalue weighted by atomic mass is 32.2. The second-order valence-electron chi connectivity index (χ2n) is 6.65. The number of methoxy groups -OCH3 is 2. The number of rotatable bonds is 9. The summed E-state index contributed by atoms with van der Waals surface area (Å²) >= 11 is 0. The van der Waals surface area contributed by atoms with E-state index < -0.39 is 22.0 Å². The van der Waals surface area contributed by atoms with Gasteiger partial charge in [-0.15, -0.1) is 0 Å². The molecule has 158 valence electrons. The molecule has 0 saturated heterocycles. The fraction of sp³-hybridized carbons (Fsp3) is 0.381. The van der Waals surface area contributed by atoms with Crippen molar-refractivity contribution in [1.82, 2.24) is 5.32 Å². The summed E-state index contributed by atoms with van der Waals surface area (Å²) in [4.78, 5) is 12.7. The van der Waals surface area contributed by atoms with Crippen LogP contribution >= 0.6 is 0 Å². The van der Waals surface area contributed by atoms with E-state index in [1.54, 1.807) is 51.5 Å². The van der Waals surface area contributed by atoms with Crippen LogP contribution in [0.25, 0.3) is 0 Å². The number of hydrogen-bond donors (Lipinski definition) is 1. The molecular weight excluding hydrogens is 392 g/mol. The minimum Gasteiger partial charge on any atom is -0.497 e. The molecule has 2 aromatic carbocycles. The molecule has 1 atom stereocenters. The highest BCUT2D eigenvalue weighted by molar-refractivity contribution is 7.92. The Kier molecular flexibility index (Phi) is 7.50. The monoisotopic (exact) mass is 420 g/mol. The Balaban J connectivity index is 2.25. The molecule has 0 bridgehead atoms. The maximum atomic E-state index is 12.7. The zero-order valence-corrected chi connectivity index (χ0v) is 18.2. The Bertz CT molecular complexity index is 959. The van der Waals surface area contributed by atoms with E-state index in [1.807, 2.05) is 19.1 Å². The summed E-state index contributed by atoms with van der Waals surface area (Å²) in [6.45, 7) is 3.43. The summed E-state index contributed by atoms with van der Waals surface area (Å²) in [5.74, 6) is 0.824. The molecular formula is C21H28N2O5S. The Morgan fingerprint density at radius 1 is 1.14 bits per heavy atom. The summed E-state index contributed by atoms with van der Waals surface area (Å²) < 4.78 is 36.5. The minimum absolute atomic E-state index is 0.313. The van der Waals surface area contributed by atoms with E-state index >= 15 is 0 Å². The number of nitrogens with zero attached hydrogens (tertiary/aromatic N) is 1. The SMILES string of the molecule is CCc1ccccc1N(CC(=O)NC(C)c1cc(OC)ccc1OC)S(C)(=O)=O. The molecule has 0 aliphatic rings. The summed E-state index contributed by atoms with van der Waals surface area (Å²) in [6.07, 6.45) is 1.75. The Morgan fingerprint density at radius 3 is 2.41 bits per heavy atom. The van der Waals surface area contributed by atoms with Crippen molar-refractivity contribution in [3.63, 3.8) is 0 Å². The number of ether oxygens (including phenoxy) is 2. The lowest BCUT2D eigenvalue weighted by Gasteiger charge is -2.25. The van der Waals surface area contributed by atoms with Gasteiger partial charge in [0, 0.05) is 5.56 Å². The van der Waals surface area contributed by atoms with Gasteiger partial charge in [-0.25, -0.2) is 8.42 Å². The number of para-hydroxylation sites is 1. The maximum Gasteiger partial charge on any atom is 0.241 e. The van der Waals surface area contributed by atoms with Crippen molar-refractivity contribution < 1.29 is 22.7 Å². The van der Waals surface area contributed by atoms with Crippen molar-refractivity contribution >= 4 is 21.6 Å². The van der Waals surface area contributed by atoms with Crippen molar-refractivity contribution in [2.75, 3.05) is 31.3 Å². The molecule has 2 aromatic rings. The number of aryl methyl sites for hydroxylation is 1. The molecule has 0 saturated carbocycles. The van der Waals surface area contributed by atoms with Gasteiger partial charge in [-0.05, 0) is 43.2 Å². The molecule has 0 aliphatic heterocycles. The average molecular weight is 421 g/mol. The molecule has 0 spiro atoms. The van der Waals surface area contributed by atoms with Gasteiger partial charge in [-0.2, -0.15) is 0 Å². The largest absolute Gasteiger partial charge is 0.497 e. The van der Waals surface area contributed by atoms with Gasteiger partial charge in [-0.3, -0.25) is 9.10 Å². The molecule has 29 heavy (non-hydrogen) atoms. The quantitative estimate of drug-likeness (QED) is 0.674. The molecule has 1 N–H and O–H groups in total. The third-order valence-corrected chi connectivity index (χ3v) is 5.74. The number of carbonyl (C=O) groups is 1. The predicted molar refractivity (Wildman–Crippen MR) is 114 cm³/mol. The van der Waals surface area contributed by atoms with Gasteiger partial charge in [0.05, 0.1) is 32.2 Å². The van der Waals surface area contributed by atoms with Crippen LogP contribution in [0, 0.1) is 0 Å². The summed E-state index contributed by atoms with van der Waals surface area (Å²) in [5, 5.41) is 2.85. The van der Waals surface area contributed by atoms with Gasteiger partial charge in [0.25, 0.3) is 0 Å². The number of benzene rings is 2. The number of carbonyl (C=O) groups excluding carboxylic acids is 1. The number of anilines is 1. The molecule has 0 aliphatic carbocycles. The number of sulfonamides is 1. The average Bonchev–Trinajstić information content (AvgIpc) is 2.70. The lowest BCUT2D eigenvalue weighted by atomic mass is 10.1. The van der Waals surface area contributed by atoms with Crippen LogP contribution in [-0.4, -0.2) is 41.3 Å². The second kappa shape index (κ2) is 9.65. The molecule has 0 aromatic heterocycles. The highest BCUT2D eigenvalue weighted by Crippen LogP contribution is 2.29. The van der Waals surface area contributed by atoms with Crippen LogP contribution in [0.2, 0.25) is 0 Å². The first-order valence-corrected chi connectivity index (χ1v) is 11.1. The molecule has 7 nitrogen and oxygen atoms in total. The first kappa shape index (κ1) is 22.5. The van der Waals surface area contributed by atoms with Crippen LogP contribution in [0.5, 0.6) is 11.5 Å². The maximum absolute atomic E-state index is 12.7. The molecule has 0 radical (unpaired) electrons. The number of hydrogen-bond acceptors (Lipinski definition) is 5. The third-order valence-electron chi connectivity index (χ3n) is 4.61. The van der Waals surface area contributed by atoms with Crippen molar-refractivity contribution in [2.24, 2.45) is 0 Å². The molecule has 1 unspecified atom stereocenters. The smallest absolute Gasteiger partial charge is 0.241 e. The zero-order valence-electron chi connectivity index (χ0n) is 17.4. The van der Waals surface area contributed by atoms with E-state index in [1.165, 1.54) is 0 Å². The molecule has 1 amide bonds. The van der Waals surface area contributed by atoms with Crippen LogP contribution < -0.4 is 19.1 Å². The van der Waals surface area contributed by atoms with Gasteiger partial charge in [0.1, 0.15) is 18.0 Å². The topological polar surface area (TPSA) is 84.9 Å². The van der Waals surface area contributed by atoms with Crippen LogP contribution in [0.4, 0.5) is 5.69 Å². The van der Waals surface area contributed by atoms with Gasteiger partial charge in [-0.1, -0.05) is 25.1 Å². The van der Waals surface area contributed by atoms with E-state index in [2.05, 4.69) is 5.32 Å². The van der Waals surface area contributed by atoms with E-state index in [0.29, 0.717) is 23.6 Å². The van der Waals surface area contributed by atoms with Gasteiger partial charge >= 0.3 is 0 Å². The number of nitrogens with one attached hydrogen (secondary N) is 1. The minimum atomic E-state index is -3.64. The van der Waals surface area contributed by atoms with Crippen molar-refractivity contribution in [3.05, 3.63) is 53.6 Å². The van der Waals surface area contributed by atoms with E-state index in [-0.39, 0.29) is 6.54 Å². The molecule has 0 fully saturated rings. The summed E-state index contributed by atoms with van der Waals surface area (Å²) in [6, 6.07) is 12.1. The molecule has 0 heterocycles. The fourth-order valence-corrected chi connectivity index (χ4v) is 3.99. The standard InChI is InChI=1S/C21H28N2O5S/c1-6-16-9-7-8-10-19(16)23(29(5,25)26)14-21(24)22-15(2)18-13-17(27-3)11-12-20(18)28-4/h7-13,15H,6,14H2,1-5H3,(H,22,24). The Hall–Kier alpha value is -2.74. The molecule has 8 heteroatoms. The van der Waals surface area contributed by atoms with Crippen LogP contribution in [0.1, 0.15) is 31.0 Å². The Morgan fingerprint density at radius 2 is 1.83 bits per heavy atom. The van der Waals surface area contributed by atoms with Gasteiger partial charge in [0.15, 0.2) is 0 Å². The van der Waals surface area contributed by atoms with Crippen molar-refractivity contribution in [1.29, 1.82) is 0 Å². The lowest BCUT2D eigenvalue weighted by Crippen LogP contribution is -2.41. The molecule has 2 rings (SSSR count). The van der Waals surface area contributed by atoms with Gasteiger partial charge in [0.2, 0.25) is 15.9 Å². The normalized spacial score (nSPS) is 12.2. The van der Waals surface area contributed by atoms with Crippen LogP contribution in [0.3, 0.4) is 0 Å². The van der Waals surface area contributed by atoms with Crippen LogP contribution in [-0.2, 0) is 21.2 Å². The first-order chi connectivity index (χ1) is 13.7. The fourth-order valence-electron chi connectivity index (χ4n) is 3.11. The first-order valence-electron chi connectivity index (χ1n) is 9.28. The Labute approximate surface area is 172 Å². The highest BCUT2D eigenvalue weighted by Gasteiger charge is 2.24. The van der Waals surface area contributed by atoms with Crippen molar-refractivity contribution in [2.45, 2.75) is 26.3 Å². The van der Waals surface area contributed by atoms with Crippen LogP contribution in [0.15, 0.2) is 42.5 Å². The van der Waals surface area contributed by atoms with E-state index in [9.17, 15) is 13.2 Å². The second-order valence-corrected chi connectivity index (χ2v) is 8.56. The summed E-state index contributed by atoms with van der Waals surface area (Å²) in [5.41, 5.74) is 2.10. The lowest BCUT2D eigenvalue weighted by molar-refractivity contribution is -0.120. The van der Waals surface area contributed by atoms with E-state index in [4.69, 9.17) is 9.47 Å². The zero-order chi connectivity index (χ0) is 21.6. The third kappa shape index (κ3) is 5.63. The summed E-state index contributed by atoms with van der Waals surface area (Å²) in [7, 11) is -0.534. The van der Waals surface area contributed by atoms with Crippen molar-refractivity contribution in [3.8, 4) is 11.5 Å². The predicted octanol–water partition coefficient (Wildman–Crippen LogP) is 2.91.